The molecule has 0 heterocycles. The molecule has 0 fully saturated rings. The Kier molecular flexibility index (Phi) is 4.73. The molecule has 0 aliphatic heterocycles. The second-order valence-electron chi connectivity index (χ2n) is 4.52. The van der Waals surface area contributed by atoms with Crippen LogP contribution in [0.2, 0.25) is 0 Å². The molecular formula is C16H18N2O4. The van der Waals surface area contributed by atoms with Crippen molar-refractivity contribution in [1.82, 2.24) is 0 Å². The van der Waals surface area contributed by atoms with Gasteiger partial charge in [0, 0.05) is 17.3 Å². The lowest BCUT2D eigenvalue weighted by Crippen LogP contribution is -2.13. The molecule has 0 saturated carbocycles. The molecule has 0 atom stereocenters. The van der Waals surface area contributed by atoms with Gasteiger partial charge in [-0.1, -0.05) is 0 Å². The van der Waals surface area contributed by atoms with Crippen molar-refractivity contribution < 1.29 is 19.0 Å². The molecule has 0 radical (unpaired) electrons. The van der Waals surface area contributed by atoms with Crippen molar-refractivity contribution in [3.63, 3.8) is 0 Å². The number of rotatable bonds is 5. The summed E-state index contributed by atoms with van der Waals surface area (Å²) in [7, 11) is 4.57. The van der Waals surface area contributed by atoms with Gasteiger partial charge in [0.25, 0.3) is 5.91 Å². The number of nitrogen functional groups attached to an aromatic ring is 1. The Morgan fingerprint density at radius 2 is 1.59 bits per heavy atom. The lowest BCUT2D eigenvalue weighted by molar-refractivity contribution is 0.102. The fourth-order valence-electron chi connectivity index (χ4n) is 1.96. The van der Waals surface area contributed by atoms with Crippen LogP contribution in [-0.4, -0.2) is 27.2 Å². The van der Waals surface area contributed by atoms with Gasteiger partial charge >= 0.3 is 0 Å². The molecule has 0 bridgehead atoms. The first-order valence-electron chi connectivity index (χ1n) is 6.55. The third kappa shape index (κ3) is 3.41. The highest BCUT2D eigenvalue weighted by Crippen LogP contribution is 2.28. The van der Waals surface area contributed by atoms with Crippen molar-refractivity contribution in [2.24, 2.45) is 0 Å². The van der Waals surface area contributed by atoms with Crippen molar-refractivity contribution in [3.05, 3.63) is 42.0 Å². The number of hydrogen-bond acceptors (Lipinski definition) is 5. The molecule has 2 aromatic carbocycles. The van der Waals surface area contributed by atoms with Crippen molar-refractivity contribution in [2.45, 2.75) is 0 Å². The fraction of sp³-hybridized carbons (Fsp3) is 0.188. The number of carbonyl (C=O) groups excluding carboxylic acids is 1. The third-order valence-corrected chi connectivity index (χ3v) is 3.09. The summed E-state index contributed by atoms with van der Waals surface area (Å²) >= 11 is 0. The summed E-state index contributed by atoms with van der Waals surface area (Å²) in [4.78, 5) is 12.4. The molecule has 0 aromatic heterocycles. The van der Waals surface area contributed by atoms with Crippen LogP contribution in [0.1, 0.15) is 10.4 Å². The van der Waals surface area contributed by atoms with Gasteiger partial charge in [0.2, 0.25) is 0 Å². The van der Waals surface area contributed by atoms with Crippen LogP contribution in [0, 0.1) is 0 Å². The van der Waals surface area contributed by atoms with E-state index in [1.54, 1.807) is 36.4 Å². The fourth-order valence-corrected chi connectivity index (χ4v) is 1.96. The maximum Gasteiger partial charge on any atom is 0.256 e. The second-order valence-corrected chi connectivity index (χ2v) is 4.52. The van der Waals surface area contributed by atoms with Crippen LogP contribution in [0.15, 0.2) is 36.4 Å². The highest BCUT2D eigenvalue weighted by Gasteiger charge is 2.13. The van der Waals surface area contributed by atoms with Crippen LogP contribution in [0.3, 0.4) is 0 Å². The summed E-state index contributed by atoms with van der Waals surface area (Å²) in [5.74, 6) is 1.27. The van der Waals surface area contributed by atoms with Crippen LogP contribution in [0.25, 0.3) is 0 Å². The zero-order chi connectivity index (χ0) is 16.1. The molecule has 3 N–H and O–H groups in total. The predicted molar refractivity (Wildman–Crippen MR) is 84.9 cm³/mol. The van der Waals surface area contributed by atoms with E-state index in [2.05, 4.69) is 5.32 Å². The summed E-state index contributed by atoms with van der Waals surface area (Å²) in [6.45, 7) is 0. The lowest BCUT2D eigenvalue weighted by Gasteiger charge is -2.12. The van der Waals surface area contributed by atoms with Gasteiger partial charge in [0.1, 0.15) is 17.2 Å². The number of carbonyl (C=O) groups is 1. The van der Waals surface area contributed by atoms with Gasteiger partial charge in [-0.05, 0) is 30.3 Å². The average Bonchev–Trinajstić information content (AvgIpc) is 2.54. The van der Waals surface area contributed by atoms with Crippen LogP contribution in [0.5, 0.6) is 17.2 Å². The number of amides is 1. The van der Waals surface area contributed by atoms with Crippen LogP contribution < -0.4 is 25.3 Å². The Hall–Kier alpha value is -2.89. The van der Waals surface area contributed by atoms with E-state index >= 15 is 0 Å². The highest BCUT2D eigenvalue weighted by molar-refractivity contribution is 6.05. The first-order valence-corrected chi connectivity index (χ1v) is 6.55. The van der Waals surface area contributed by atoms with E-state index in [-0.39, 0.29) is 5.91 Å². The molecule has 6 heteroatoms. The van der Waals surface area contributed by atoms with Gasteiger partial charge < -0.3 is 25.3 Å². The molecule has 0 unspecified atom stereocenters. The van der Waals surface area contributed by atoms with Gasteiger partial charge in [0.15, 0.2) is 0 Å². The predicted octanol–water partition coefficient (Wildman–Crippen LogP) is 2.55. The molecule has 0 spiro atoms. The van der Waals surface area contributed by atoms with Crippen LogP contribution in [0.4, 0.5) is 11.4 Å². The van der Waals surface area contributed by atoms with Crippen molar-refractivity contribution >= 4 is 17.3 Å². The zero-order valence-corrected chi connectivity index (χ0v) is 12.7. The van der Waals surface area contributed by atoms with E-state index in [1.165, 1.54) is 21.3 Å². The quantitative estimate of drug-likeness (QED) is 0.829. The number of anilines is 2. The summed E-state index contributed by atoms with van der Waals surface area (Å²) in [5, 5.41) is 2.77. The lowest BCUT2D eigenvalue weighted by atomic mass is 10.1. The Labute approximate surface area is 128 Å². The zero-order valence-electron chi connectivity index (χ0n) is 12.7. The van der Waals surface area contributed by atoms with E-state index in [1.807, 2.05) is 0 Å². The number of ether oxygens (including phenoxy) is 3. The van der Waals surface area contributed by atoms with E-state index in [9.17, 15) is 4.79 Å². The number of nitrogens with two attached hydrogens (primary N) is 1. The van der Waals surface area contributed by atoms with Gasteiger partial charge in [-0.2, -0.15) is 0 Å². The normalized spacial score (nSPS) is 9.95. The van der Waals surface area contributed by atoms with E-state index in [4.69, 9.17) is 19.9 Å². The Balaban J connectivity index is 2.31. The average molecular weight is 302 g/mol. The monoisotopic (exact) mass is 302 g/mol. The minimum absolute atomic E-state index is 0.318. The topological polar surface area (TPSA) is 82.8 Å². The van der Waals surface area contributed by atoms with Crippen molar-refractivity contribution in [3.8, 4) is 17.2 Å². The molecule has 0 aliphatic rings. The van der Waals surface area contributed by atoms with Crippen LogP contribution >= 0.6 is 0 Å². The van der Waals surface area contributed by atoms with Gasteiger partial charge in [-0.25, -0.2) is 0 Å². The summed E-state index contributed by atoms with van der Waals surface area (Å²) in [6.07, 6.45) is 0. The molecule has 22 heavy (non-hydrogen) atoms. The molecule has 1 amide bonds. The van der Waals surface area contributed by atoms with E-state index in [0.29, 0.717) is 34.2 Å². The number of methoxy groups -OCH3 is 3. The van der Waals surface area contributed by atoms with E-state index < -0.39 is 0 Å². The molecule has 6 nitrogen and oxygen atoms in total. The van der Waals surface area contributed by atoms with Crippen molar-refractivity contribution in [1.29, 1.82) is 0 Å². The summed E-state index contributed by atoms with van der Waals surface area (Å²) in [6, 6.07) is 9.96. The smallest absolute Gasteiger partial charge is 0.256 e. The van der Waals surface area contributed by atoms with E-state index in [0.717, 1.165) is 0 Å². The highest BCUT2D eigenvalue weighted by atomic mass is 16.5. The molecule has 0 saturated heterocycles. The number of hydrogen-bond donors (Lipinski definition) is 2. The molecule has 2 rings (SSSR count). The number of benzene rings is 2. The summed E-state index contributed by atoms with van der Waals surface area (Å²) < 4.78 is 15.5. The minimum Gasteiger partial charge on any atom is -0.497 e. The first kappa shape index (κ1) is 15.5. The molecule has 116 valence electrons. The standard InChI is InChI=1S/C16H18N2O4/c1-20-12-6-10(7-13(9-12)21-2)16(19)18-14-8-11(17)4-5-15(14)22-3/h4-9H,17H2,1-3H3,(H,18,19). The largest absolute Gasteiger partial charge is 0.497 e. The summed E-state index contributed by atoms with van der Waals surface area (Å²) in [5.41, 5.74) is 7.17. The SMILES string of the molecule is COc1cc(OC)cc(C(=O)Nc2cc(N)ccc2OC)c1. The molecule has 0 aliphatic carbocycles. The number of nitrogens with one attached hydrogen (secondary N) is 1. The Morgan fingerprint density at radius 1 is 0.955 bits per heavy atom. The van der Waals surface area contributed by atoms with Crippen LogP contribution in [-0.2, 0) is 0 Å². The maximum absolute atomic E-state index is 12.4. The first-order chi connectivity index (χ1) is 10.6. The molecule has 2 aromatic rings. The minimum atomic E-state index is -0.318. The Morgan fingerprint density at radius 3 is 2.14 bits per heavy atom. The molecular weight excluding hydrogens is 284 g/mol. The maximum atomic E-state index is 12.4. The van der Waals surface area contributed by atoms with Gasteiger partial charge in [0.05, 0.1) is 27.0 Å². The van der Waals surface area contributed by atoms with Gasteiger partial charge in [-0.15, -0.1) is 0 Å². The third-order valence-electron chi connectivity index (χ3n) is 3.09. The Bertz CT molecular complexity index is 664. The van der Waals surface area contributed by atoms with Gasteiger partial charge in [-0.3, -0.25) is 4.79 Å². The van der Waals surface area contributed by atoms with Crippen molar-refractivity contribution in [2.75, 3.05) is 32.4 Å². The second kappa shape index (κ2) is 6.71.